The average Bonchev–Trinajstić information content (AvgIpc) is 2.39. The van der Waals surface area contributed by atoms with E-state index in [1.807, 2.05) is 20.8 Å². The van der Waals surface area contributed by atoms with Crippen molar-refractivity contribution >= 4 is 11.8 Å². The lowest BCUT2D eigenvalue weighted by Crippen LogP contribution is -2.49. The Balaban J connectivity index is 2.54. The molecular weight excluding hydrogens is 242 g/mol. The highest BCUT2D eigenvalue weighted by Crippen LogP contribution is 2.18. The van der Waals surface area contributed by atoms with Crippen molar-refractivity contribution in [2.24, 2.45) is 5.92 Å². The van der Waals surface area contributed by atoms with E-state index in [2.05, 4.69) is 5.32 Å². The lowest BCUT2D eigenvalue weighted by Gasteiger charge is -2.32. The number of carbonyl (C=O) groups excluding carboxylic acids is 2. The first kappa shape index (κ1) is 16.0. The molecule has 1 aliphatic rings. The van der Waals surface area contributed by atoms with Crippen LogP contribution < -0.4 is 5.32 Å². The van der Waals surface area contributed by atoms with Gasteiger partial charge in [-0.15, -0.1) is 0 Å². The van der Waals surface area contributed by atoms with E-state index in [1.54, 1.807) is 16.8 Å². The predicted octanol–water partition coefficient (Wildman–Crippen LogP) is 0.701. The highest BCUT2D eigenvalue weighted by molar-refractivity contribution is 5.86. The van der Waals surface area contributed by atoms with Gasteiger partial charge in [-0.1, -0.05) is 0 Å². The van der Waals surface area contributed by atoms with Crippen LogP contribution in [-0.2, 0) is 9.59 Å². The molecule has 0 aromatic carbocycles. The van der Waals surface area contributed by atoms with Crippen molar-refractivity contribution in [1.29, 1.82) is 0 Å². The first-order valence-corrected chi connectivity index (χ1v) is 7.27. The van der Waals surface area contributed by atoms with Crippen molar-refractivity contribution in [3.05, 3.63) is 0 Å². The van der Waals surface area contributed by atoms with Crippen LogP contribution in [0.25, 0.3) is 0 Å². The zero-order valence-corrected chi connectivity index (χ0v) is 12.6. The number of nitrogens with zero attached hydrogens (tertiary/aromatic N) is 2. The number of likely N-dealkylation sites (N-methyl/N-ethyl adjacent to an activating group) is 2. The van der Waals surface area contributed by atoms with Gasteiger partial charge in [0.05, 0.1) is 12.5 Å². The fourth-order valence-corrected chi connectivity index (χ4v) is 2.62. The Morgan fingerprint density at radius 3 is 2.42 bits per heavy atom. The van der Waals surface area contributed by atoms with Crippen LogP contribution in [0.5, 0.6) is 0 Å². The maximum atomic E-state index is 12.4. The molecule has 1 aliphatic heterocycles. The number of hydrogen-bond donors (Lipinski definition) is 1. The monoisotopic (exact) mass is 269 g/mol. The molecule has 0 aromatic rings. The van der Waals surface area contributed by atoms with Gasteiger partial charge in [0.1, 0.15) is 0 Å². The summed E-state index contributed by atoms with van der Waals surface area (Å²) in [5, 5.41) is 3.32. The van der Waals surface area contributed by atoms with E-state index < -0.39 is 0 Å². The van der Waals surface area contributed by atoms with Crippen molar-refractivity contribution in [2.75, 3.05) is 33.2 Å². The van der Waals surface area contributed by atoms with Gasteiger partial charge >= 0.3 is 0 Å². The summed E-state index contributed by atoms with van der Waals surface area (Å²) in [6.07, 6.45) is 1.94. The van der Waals surface area contributed by atoms with Gasteiger partial charge in [0.2, 0.25) is 11.8 Å². The minimum atomic E-state index is 0.00301. The summed E-state index contributed by atoms with van der Waals surface area (Å²) < 4.78 is 0. The summed E-state index contributed by atoms with van der Waals surface area (Å²) in [6, 6.07) is 0.201. The largest absolute Gasteiger partial charge is 0.342 e. The van der Waals surface area contributed by atoms with Crippen molar-refractivity contribution in [3.63, 3.8) is 0 Å². The zero-order chi connectivity index (χ0) is 14.4. The summed E-state index contributed by atoms with van der Waals surface area (Å²) in [6.45, 7) is 8.50. The first-order valence-electron chi connectivity index (χ1n) is 7.27. The lowest BCUT2D eigenvalue weighted by atomic mass is 9.91. The number of nitrogens with one attached hydrogen (secondary N) is 1. The van der Waals surface area contributed by atoms with Gasteiger partial charge in [0.25, 0.3) is 0 Å². The van der Waals surface area contributed by atoms with E-state index in [4.69, 9.17) is 0 Å². The first-order chi connectivity index (χ1) is 9.01. The Morgan fingerprint density at radius 2 is 1.89 bits per heavy atom. The Labute approximate surface area is 116 Å². The van der Waals surface area contributed by atoms with Crippen LogP contribution in [0.15, 0.2) is 0 Å². The summed E-state index contributed by atoms with van der Waals surface area (Å²) in [7, 11) is 1.73. The molecule has 0 aliphatic carbocycles. The second kappa shape index (κ2) is 7.48. The van der Waals surface area contributed by atoms with E-state index in [0.717, 1.165) is 19.4 Å². The molecule has 0 aromatic heterocycles. The normalized spacial score (nSPS) is 22.9. The standard InChI is InChI=1S/C14H27N3O2/c1-5-17(6-2)13(18)10-16(4)14(19)12-8-7-9-15-11(12)3/h11-12,15H,5-10H2,1-4H3. The van der Waals surface area contributed by atoms with E-state index in [-0.39, 0.29) is 30.3 Å². The van der Waals surface area contributed by atoms with Crippen molar-refractivity contribution in [3.8, 4) is 0 Å². The van der Waals surface area contributed by atoms with Crippen LogP contribution in [0.2, 0.25) is 0 Å². The molecule has 5 nitrogen and oxygen atoms in total. The minimum Gasteiger partial charge on any atom is -0.342 e. The molecular formula is C14H27N3O2. The van der Waals surface area contributed by atoms with Gasteiger partial charge in [-0.25, -0.2) is 0 Å². The van der Waals surface area contributed by atoms with Crippen molar-refractivity contribution in [1.82, 2.24) is 15.1 Å². The fraction of sp³-hybridized carbons (Fsp3) is 0.857. The van der Waals surface area contributed by atoms with Gasteiger partial charge in [0.15, 0.2) is 0 Å². The lowest BCUT2D eigenvalue weighted by molar-refractivity contribution is -0.142. The molecule has 5 heteroatoms. The Hall–Kier alpha value is -1.10. The molecule has 0 saturated carbocycles. The zero-order valence-electron chi connectivity index (χ0n) is 12.6. The molecule has 1 N–H and O–H groups in total. The Kier molecular flexibility index (Phi) is 6.28. The number of piperidine rings is 1. The number of hydrogen-bond acceptors (Lipinski definition) is 3. The summed E-state index contributed by atoms with van der Waals surface area (Å²) in [5.74, 6) is 0.112. The number of rotatable bonds is 5. The Morgan fingerprint density at radius 1 is 1.26 bits per heavy atom. The Bertz CT molecular complexity index is 316. The molecule has 1 rings (SSSR count). The predicted molar refractivity (Wildman–Crippen MR) is 75.8 cm³/mol. The molecule has 0 spiro atoms. The molecule has 1 heterocycles. The van der Waals surface area contributed by atoms with Crippen LogP contribution >= 0.6 is 0 Å². The second-order valence-electron chi connectivity index (χ2n) is 5.25. The van der Waals surface area contributed by atoms with E-state index in [9.17, 15) is 9.59 Å². The van der Waals surface area contributed by atoms with E-state index >= 15 is 0 Å². The highest BCUT2D eigenvalue weighted by atomic mass is 16.2. The maximum absolute atomic E-state index is 12.4. The van der Waals surface area contributed by atoms with Gasteiger partial charge in [-0.05, 0) is 40.2 Å². The molecule has 2 unspecified atom stereocenters. The van der Waals surface area contributed by atoms with Crippen LogP contribution in [0, 0.1) is 5.92 Å². The van der Waals surface area contributed by atoms with Crippen molar-refractivity contribution in [2.45, 2.75) is 39.7 Å². The summed E-state index contributed by atoms with van der Waals surface area (Å²) in [4.78, 5) is 27.7. The minimum absolute atomic E-state index is 0.00301. The third-order valence-corrected chi connectivity index (χ3v) is 3.94. The molecule has 110 valence electrons. The van der Waals surface area contributed by atoms with Crippen LogP contribution in [0.1, 0.15) is 33.6 Å². The van der Waals surface area contributed by atoms with Crippen LogP contribution in [0.3, 0.4) is 0 Å². The molecule has 2 atom stereocenters. The third-order valence-electron chi connectivity index (χ3n) is 3.94. The van der Waals surface area contributed by atoms with Crippen LogP contribution in [-0.4, -0.2) is 60.9 Å². The SMILES string of the molecule is CCN(CC)C(=O)CN(C)C(=O)C1CCCNC1C. The molecule has 19 heavy (non-hydrogen) atoms. The second-order valence-corrected chi connectivity index (χ2v) is 5.25. The van der Waals surface area contributed by atoms with Crippen LogP contribution in [0.4, 0.5) is 0 Å². The molecule has 0 radical (unpaired) electrons. The number of amides is 2. The fourth-order valence-electron chi connectivity index (χ4n) is 2.62. The molecule has 0 bridgehead atoms. The smallest absolute Gasteiger partial charge is 0.242 e. The average molecular weight is 269 g/mol. The topological polar surface area (TPSA) is 52.7 Å². The maximum Gasteiger partial charge on any atom is 0.242 e. The third kappa shape index (κ3) is 4.20. The summed E-state index contributed by atoms with van der Waals surface area (Å²) in [5.41, 5.74) is 0. The summed E-state index contributed by atoms with van der Waals surface area (Å²) >= 11 is 0. The quantitative estimate of drug-likeness (QED) is 0.799. The molecule has 1 fully saturated rings. The van der Waals surface area contributed by atoms with E-state index in [1.165, 1.54) is 0 Å². The van der Waals surface area contributed by atoms with Gasteiger partial charge < -0.3 is 15.1 Å². The van der Waals surface area contributed by atoms with Crippen molar-refractivity contribution < 1.29 is 9.59 Å². The number of carbonyl (C=O) groups is 2. The highest BCUT2D eigenvalue weighted by Gasteiger charge is 2.30. The van der Waals surface area contributed by atoms with Gasteiger partial charge in [0, 0.05) is 26.2 Å². The van der Waals surface area contributed by atoms with Gasteiger partial charge in [-0.2, -0.15) is 0 Å². The molecule has 1 saturated heterocycles. The molecule has 2 amide bonds. The van der Waals surface area contributed by atoms with Gasteiger partial charge in [-0.3, -0.25) is 9.59 Å². The van der Waals surface area contributed by atoms with E-state index in [0.29, 0.717) is 13.1 Å².